The van der Waals surface area contributed by atoms with Crippen LogP contribution in [0.1, 0.15) is 18.1 Å². The fraction of sp³-hybridized carbons (Fsp3) is 0.208. The summed E-state index contributed by atoms with van der Waals surface area (Å²) in [6, 6.07) is 16.9. The molecule has 1 amide bonds. The van der Waals surface area contributed by atoms with Crippen LogP contribution in [0, 0.1) is 6.92 Å². The summed E-state index contributed by atoms with van der Waals surface area (Å²) in [5, 5.41) is 4.04. The van der Waals surface area contributed by atoms with E-state index in [2.05, 4.69) is 59.5 Å². The van der Waals surface area contributed by atoms with Crippen molar-refractivity contribution in [3.63, 3.8) is 0 Å². The zero-order valence-corrected chi connectivity index (χ0v) is 18.5. The summed E-state index contributed by atoms with van der Waals surface area (Å²) in [6.07, 6.45) is 2.50. The average Bonchev–Trinajstić information content (AvgIpc) is 3.33. The normalized spacial score (nSPS) is 15.5. The summed E-state index contributed by atoms with van der Waals surface area (Å²) in [5.74, 6) is 0.477. The van der Waals surface area contributed by atoms with E-state index >= 15 is 0 Å². The highest BCUT2D eigenvalue weighted by atomic mass is 32.2. The molecule has 0 N–H and O–H groups in total. The number of amides is 1. The number of carbonyl (C=O) groups is 1. The molecule has 2 aromatic carbocycles. The Labute approximate surface area is 184 Å². The molecule has 1 aliphatic rings. The van der Waals surface area contributed by atoms with Crippen molar-refractivity contribution in [1.82, 2.24) is 9.97 Å². The molecule has 0 saturated carbocycles. The molecule has 4 nitrogen and oxygen atoms in total. The molecule has 2 aromatic heterocycles. The van der Waals surface area contributed by atoms with Gasteiger partial charge in [-0.3, -0.25) is 4.79 Å². The van der Waals surface area contributed by atoms with Crippen molar-refractivity contribution in [2.24, 2.45) is 0 Å². The number of hydrogen-bond donors (Lipinski definition) is 0. The van der Waals surface area contributed by atoms with E-state index in [-0.39, 0.29) is 11.9 Å². The highest BCUT2D eigenvalue weighted by Crippen LogP contribution is 2.38. The lowest BCUT2D eigenvalue weighted by Crippen LogP contribution is -2.36. The van der Waals surface area contributed by atoms with Crippen molar-refractivity contribution in [3.05, 3.63) is 71.4 Å². The number of thioether (sulfide) groups is 1. The van der Waals surface area contributed by atoms with Gasteiger partial charge in [-0.05, 0) is 37.5 Å². The number of para-hydroxylation sites is 1. The maximum Gasteiger partial charge on any atom is 0.237 e. The molecule has 30 heavy (non-hydrogen) atoms. The Hall–Kier alpha value is -2.70. The quantitative estimate of drug-likeness (QED) is 0.305. The molecule has 5 rings (SSSR count). The summed E-state index contributed by atoms with van der Waals surface area (Å²) < 4.78 is 0. The first-order valence-electron chi connectivity index (χ1n) is 9.94. The highest BCUT2D eigenvalue weighted by Gasteiger charge is 2.30. The van der Waals surface area contributed by atoms with Crippen molar-refractivity contribution >= 4 is 44.9 Å². The van der Waals surface area contributed by atoms with Gasteiger partial charge in [0.15, 0.2) is 0 Å². The van der Waals surface area contributed by atoms with Crippen LogP contribution in [0.4, 0.5) is 5.69 Å². The number of nitrogens with zero attached hydrogens (tertiary/aromatic N) is 3. The van der Waals surface area contributed by atoms with Crippen LogP contribution in [0.25, 0.3) is 21.3 Å². The first-order valence-corrected chi connectivity index (χ1v) is 11.8. The van der Waals surface area contributed by atoms with Crippen LogP contribution in [0.3, 0.4) is 0 Å². The van der Waals surface area contributed by atoms with E-state index in [9.17, 15) is 4.79 Å². The number of fused-ring (bicyclic) bond motifs is 2. The van der Waals surface area contributed by atoms with Crippen LogP contribution < -0.4 is 4.90 Å². The van der Waals surface area contributed by atoms with Crippen LogP contribution in [0.5, 0.6) is 0 Å². The second-order valence-corrected chi connectivity index (χ2v) is 9.43. The predicted molar refractivity (Wildman–Crippen MR) is 125 cm³/mol. The molecule has 150 valence electrons. The van der Waals surface area contributed by atoms with E-state index in [0.29, 0.717) is 5.75 Å². The first-order chi connectivity index (χ1) is 14.6. The highest BCUT2D eigenvalue weighted by molar-refractivity contribution is 8.00. The number of carbonyl (C=O) groups excluding carboxylic acids is 1. The maximum atomic E-state index is 13.1. The van der Waals surface area contributed by atoms with Gasteiger partial charge < -0.3 is 4.90 Å². The van der Waals surface area contributed by atoms with Gasteiger partial charge in [-0.15, -0.1) is 11.3 Å². The van der Waals surface area contributed by atoms with Gasteiger partial charge >= 0.3 is 0 Å². The van der Waals surface area contributed by atoms with Crippen LogP contribution in [-0.2, 0) is 11.2 Å². The third-order valence-electron chi connectivity index (χ3n) is 5.51. The SMILES string of the molecule is Cc1ccc(-c2csc3ncnc(SCC(=O)N4c5ccccc5C[C@H]4C)c23)cc1. The number of aromatic nitrogens is 2. The average molecular weight is 432 g/mol. The molecule has 0 saturated heterocycles. The van der Waals surface area contributed by atoms with Gasteiger partial charge in [0.05, 0.1) is 11.1 Å². The van der Waals surface area contributed by atoms with Gasteiger partial charge in [-0.25, -0.2) is 9.97 Å². The standard InChI is InChI=1S/C24H21N3OS2/c1-15-7-9-17(10-8-15)19-12-29-23-22(19)24(26-14-25-23)30-13-21(28)27-16(2)11-18-5-3-4-6-20(18)27/h3-10,12,14,16H,11,13H2,1-2H3/t16-/m1/s1. The Morgan fingerprint density at radius 3 is 2.80 bits per heavy atom. The number of aryl methyl sites for hydroxylation is 1. The molecule has 6 heteroatoms. The minimum Gasteiger partial charge on any atom is -0.308 e. The Morgan fingerprint density at radius 1 is 1.17 bits per heavy atom. The zero-order chi connectivity index (χ0) is 20.7. The lowest BCUT2D eigenvalue weighted by atomic mass is 10.1. The molecule has 0 unspecified atom stereocenters. The van der Waals surface area contributed by atoms with Crippen molar-refractivity contribution in [1.29, 1.82) is 0 Å². The molecule has 1 atom stereocenters. The molecular formula is C24H21N3OS2. The minimum absolute atomic E-state index is 0.122. The monoisotopic (exact) mass is 431 g/mol. The summed E-state index contributed by atoms with van der Waals surface area (Å²) in [4.78, 5) is 25.0. The number of benzene rings is 2. The smallest absolute Gasteiger partial charge is 0.237 e. The van der Waals surface area contributed by atoms with Crippen molar-refractivity contribution in [2.45, 2.75) is 31.3 Å². The van der Waals surface area contributed by atoms with Crippen LogP contribution in [0.2, 0.25) is 0 Å². The first kappa shape index (κ1) is 19.3. The van der Waals surface area contributed by atoms with E-state index < -0.39 is 0 Å². The number of anilines is 1. The third-order valence-corrected chi connectivity index (χ3v) is 7.37. The lowest BCUT2D eigenvalue weighted by Gasteiger charge is -2.22. The van der Waals surface area contributed by atoms with Crippen LogP contribution >= 0.6 is 23.1 Å². The molecule has 0 aliphatic carbocycles. The molecule has 0 bridgehead atoms. The van der Waals surface area contributed by atoms with E-state index in [1.54, 1.807) is 17.7 Å². The summed E-state index contributed by atoms with van der Waals surface area (Å²) in [5.41, 5.74) is 5.80. The Kier molecular flexibility index (Phi) is 5.05. The minimum atomic E-state index is 0.122. The van der Waals surface area contributed by atoms with Gasteiger partial charge in [-0.1, -0.05) is 59.8 Å². The molecule has 0 radical (unpaired) electrons. The van der Waals surface area contributed by atoms with E-state index in [1.165, 1.54) is 22.9 Å². The van der Waals surface area contributed by atoms with Gasteiger partial charge in [0.1, 0.15) is 16.2 Å². The molecule has 1 aliphatic heterocycles. The molecule has 0 spiro atoms. The van der Waals surface area contributed by atoms with Crippen molar-refractivity contribution < 1.29 is 4.79 Å². The van der Waals surface area contributed by atoms with Crippen molar-refractivity contribution in [3.8, 4) is 11.1 Å². The predicted octanol–water partition coefficient (Wildman–Crippen LogP) is 5.74. The van der Waals surface area contributed by atoms with Gasteiger partial charge in [0, 0.05) is 22.7 Å². The van der Waals surface area contributed by atoms with Crippen LogP contribution in [0.15, 0.2) is 65.3 Å². The fourth-order valence-electron chi connectivity index (χ4n) is 4.05. The number of hydrogen-bond acceptors (Lipinski definition) is 5. The molecule has 3 heterocycles. The van der Waals surface area contributed by atoms with E-state index in [0.717, 1.165) is 38.5 Å². The number of thiophene rings is 1. The Bertz CT molecular complexity index is 1230. The van der Waals surface area contributed by atoms with E-state index in [4.69, 9.17) is 0 Å². The zero-order valence-electron chi connectivity index (χ0n) is 16.8. The molecule has 0 fully saturated rings. The topological polar surface area (TPSA) is 46.1 Å². The summed E-state index contributed by atoms with van der Waals surface area (Å²) in [6.45, 7) is 4.20. The van der Waals surface area contributed by atoms with Crippen molar-refractivity contribution in [2.75, 3.05) is 10.7 Å². The second-order valence-electron chi connectivity index (χ2n) is 7.61. The van der Waals surface area contributed by atoms with Crippen LogP contribution in [-0.4, -0.2) is 27.7 Å². The molecule has 4 aromatic rings. The summed E-state index contributed by atoms with van der Waals surface area (Å²) >= 11 is 3.12. The van der Waals surface area contributed by atoms with Gasteiger partial charge in [-0.2, -0.15) is 0 Å². The largest absolute Gasteiger partial charge is 0.308 e. The molecular weight excluding hydrogens is 410 g/mol. The van der Waals surface area contributed by atoms with Gasteiger partial charge in [0.25, 0.3) is 0 Å². The number of rotatable bonds is 4. The fourth-order valence-corrected chi connectivity index (χ4v) is 5.90. The Morgan fingerprint density at radius 2 is 1.97 bits per heavy atom. The third kappa shape index (κ3) is 3.40. The lowest BCUT2D eigenvalue weighted by molar-refractivity contribution is -0.116. The second kappa shape index (κ2) is 7.85. The van der Waals surface area contributed by atoms with Gasteiger partial charge in [0.2, 0.25) is 5.91 Å². The summed E-state index contributed by atoms with van der Waals surface area (Å²) in [7, 11) is 0. The van der Waals surface area contributed by atoms with E-state index in [1.807, 2.05) is 23.1 Å². The Balaban J connectivity index is 1.43. The maximum absolute atomic E-state index is 13.1.